The van der Waals surface area contributed by atoms with Crippen LogP contribution in [0.3, 0.4) is 0 Å². The van der Waals surface area contributed by atoms with Gasteiger partial charge in [0.05, 0.1) is 171 Å². The second-order valence-corrected chi connectivity index (χ2v) is 24.3. The first-order valence-corrected chi connectivity index (χ1v) is 37.2. The molecule has 101 heavy (non-hydrogen) atoms. The van der Waals surface area contributed by atoms with Crippen molar-refractivity contribution in [1.29, 1.82) is 0 Å². The number of amides is 4. The zero-order valence-corrected chi connectivity index (χ0v) is 62.0. The van der Waals surface area contributed by atoms with Crippen LogP contribution in [0.1, 0.15) is 114 Å². The van der Waals surface area contributed by atoms with Gasteiger partial charge in [-0.15, -0.1) is 0 Å². The molecule has 2 aromatic carbocycles. The summed E-state index contributed by atoms with van der Waals surface area (Å²) in [6.45, 7) is 19.7. The molecule has 0 atom stereocenters. The van der Waals surface area contributed by atoms with Crippen LogP contribution in [0.25, 0.3) is 10.4 Å². The number of ether oxygens (including phenoxy) is 12. The molecular weight excluding hydrogens is 1350 g/mol. The number of thioether (sulfide) groups is 2. The van der Waals surface area contributed by atoms with E-state index in [9.17, 15) is 28.8 Å². The smallest absolute Gasteiger partial charge is 0.229 e. The molecule has 1 aliphatic heterocycles. The van der Waals surface area contributed by atoms with Gasteiger partial charge in [-0.05, 0) is 80.9 Å². The Hall–Kier alpha value is -5.41. The Kier molecular flexibility index (Phi) is 71.7. The van der Waals surface area contributed by atoms with Crippen LogP contribution in [0.4, 0.5) is 5.69 Å². The molecule has 0 aromatic heterocycles. The number of azide groups is 1. The Bertz CT molecular complexity index is 2470. The minimum absolute atomic E-state index is 0.0131. The molecule has 0 saturated heterocycles. The molecule has 1 heterocycles. The standard InChI is InChI=1S/C29H37N3O6.C18H36N2O6S.C13H26N2O2S.C10H22N4O4/c30-13-16-36-18-20-38-22-21-37-19-17-35-15-12-28(33)31-14-11-29(34)32-23-26-7-2-1-5-24(26)9-10-25-6-3-4-8-27(25)32;1-17(21)27-16-15-26-14-13-25-12-11-24-10-9-23-8-5-18(22)20-7-4-2-3-6-19;1-12(16)18-11-7-2-4-8-13(17)15-10-6-3-5-9-14;11-1-3-15-5-7-17-9-10-18-8-6-16-4-2-13-14-12/h1-8H,11-23,30H2,(H,31,33);2-16,19H2,1H3,(H,20,22);2-11,14H2,1H3,(H,15,17);1-11H2. The van der Waals surface area contributed by atoms with Gasteiger partial charge in [0.2, 0.25) is 23.6 Å². The molecule has 29 nitrogen and oxygen atoms in total. The third kappa shape index (κ3) is 66.3. The van der Waals surface area contributed by atoms with Crippen molar-refractivity contribution in [1.82, 2.24) is 16.0 Å². The van der Waals surface area contributed by atoms with E-state index >= 15 is 0 Å². The summed E-state index contributed by atoms with van der Waals surface area (Å²) >= 11 is 2.62. The lowest BCUT2D eigenvalue weighted by molar-refractivity contribution is -0.123. The van der Waals surface area contributed by atoms with Crippen LogP contribution in [0.2, 0.25) is 0 Å². The van der Waals surface area contributed by atoms with E-state index in [2.05, 4.69) is 37.8 Å². The van der Waals surface area contributed by atoms with Gasteiger partial charge >= 0.3 is 0 Å². The van der Waals surface area contributed by atoms with Crippen molar-refractivity contribution in [2.24, 2.45) is 28.0 Å². The number of anilines is 1. The number of carbonyl (C=O) groups excluding carboxylic acids is 6. The number of nitrogens with two attached hydrogens (primary N) is 4. The highest BCUT2D eigenvalue weighted by molar-refractivity contribution is 8.13. The van der Waals surface area contributed by atoms with Crippen molar-refractivity contribution < 1.29 is 85.6 Å². The number of nitrogens with zero attached hydrogens (tertiary/aromatic N) is 4. The van der Waals surface area contributed by atoms with Gasteiger partial charge in [-0.1, -0.05) is 90.1 Å². The summed E-state index contributed by atoms with van der Waals surface area (Å²) in [4.78, 5) is 74.0. The molecule has 1 aliphatic rings. The van der Waals surface area contributed by atoms with Crippen molar-refractivity contribution in [3.05, 3.63) is 75.7 Å². The Labute approximate surface area is 608 Å². The highest BCUT2D eigenvalue weighted by Gasteiger charge is 2.21. The maximum atomic E-state index is 13.2. The van der Waals surface area contributed by atoms with Gasteiger partial charge < -0.3 is 101 Å². The predicted molar refractivity (Wildman–Crippen MR) is 395 cm³/mol. The van der Waals surface area contributed by atoms with Crippen LogP contribution in [-0.4, -0.2) is 256 Å². The number of hydrogen-bond donors (Lipinski definition) is 7. The van der Waals surface area contributed by atoms with E-state index in [1.54, 1.807) is 18.7 Å². The molecule has 0 saturated carbocycles. The van der Waals surface area contributed by atoms with E-state index in [0.29, 0.717) is 210 Å². The molecule has 0 fully saturated rings. The normalized spacial score (nSPS) is 11.1. The van der Waals surface area contributed by atoms with Gasteiger partial charge in [-0.3, -0.25) is 28.8 Å². The van der Waals surface area contributed by atoms with Crippen LogP contribution in [-0.2, 0) is 92.2 Å². The first kappa shape index (κ1) is 95.6. The van der Waals surface area contributed by atoms with Gasteiger partial charge in [0.15, 0.2) is 10.2 Å². The van der Waals surface area contributed by atoms with Crippen molar-refractivity contribution in [2.45, 2.75) is 104 Å². The number of hydrogen-bond acceptors (Lipinski definition) is 25. The van der Waals surface area contributed by atoms with Gasteiger partial charge in [-0.25, -0.2) is 0 Å². The van der Waals surface area contributed by atoms with Crippen LogP contribution in [0, 0.1) is 11.8 Å². The predicted octanol–water partition coefficient (Wildman–Crippen LogP) is 5.22. The molecule has 3 rings (SSSR count). The number of nitrogens with one attached hydrogen (secondary N) is 3. The van der Waals surface area contributed by atoms with Gasteiger partial charge in [0.1, 0.15) is 0 Å². The zero-order chi connectivity index (χ0) is 73.8. The van der Waals surface area contributed by atoms with E-state index in [-0.39, 0.29) is 59.9 Å². The highest BCUT2D eigenvalue weighted by atomic mass is 32.2. The molecule has 0 bridgehead atoms. The van der Waals surface area contributed by atoms with E-state index in [4.69, 9.17) is 85.3 Å². The minimum atomic E-state index is -0.159. The third-order valence-electron chi connectivity index (χ3n) is 13.3. The fraction of sp³-hybridized carbons (Fsp3) is 0.714. The van der Waals surface area contributed by atoms with Gasteiger partial charge in [-0.2, -0.15) is 0 Å². The van der Waals surface area contributed by atoms with Crippen LogP contribution < -0.4 is 43.8 Å². The van der Waals surface area contributed by atoms with Crippen LogP contribution in [0.5, 0.6) is 0 Å². The summed E-state index contributed by atoms with van der Waals surface area (Å²) in [6.07, 6.45) is 10.4. The summed E-state index contributed by atoms with van der Waals surface area (Å²) in [5, 5.41) is 12.2. The maximum Gasteiger partial charge on any atom is 0.229 e. The lowest BCUT2D eigenvalue weighted by Gasteiger charge is -2.26. The van der Waals surface area contributed by atoms with Crippen molar-refractivity contribution >= 4 is 63.1 Å². The molecule has 0 radical (unpaired) electrons. The monoisotopic (exact) mass is 1470 g/mol. The van der Waals surface area contributed by atoms with Crippen molar-refractivity contribution in [2.75, 3.05) is 227 Å². The molecule has 0 spiro atoms. The summed E-state index contributed by atoms with van der Waals surface area (Å²) in [5.74, 6) is 7.87. The first-order valence-electron chi connectivity index (χ1n) is 35.2. The average molecular weight is 1470 g/mol. The zero-order valence-electron chi connectivity index (χ0n) is 60.3. The van der Waals surface area contributed by atoms with E-state index < -0.39 is 0 Å². The first-order chi connectivity index (χ1) is 49.4. The molecule has 576 valence electrons. The maximum absolute atomic E-state index is 13.2. The van der Waals surface area contributed by atoms with Crippen molar-refractivity contribution in [3.63, 3.8) is 0 Å². The molecule has 0 aliphatic carbocycles. The van der Waals surface area contributed by atoms with Crippen LogP contribution >= 0.6 is 23.5 Å². The van der Waals surface area contributed by atoms with Crippen LogP contribution in [0.15, 0.2) is 53.6 Å². The summed E-state index contributed by atoms with van der Waals surface area (Å²) in [6, 6.07) is 15.5. The molecule has 0 unspecified atom stereocenters. The molecule has 2 aromatic rings. The third-order valence-corrected chi connectivity index (χ3v) is 15.0. The minimum Gasteiger partial charge on any atom is -0.379 e. The Balaban J connectivity index is 0.00000140. The molecule has 31 heteroatoms. The Morgan fingerprint density at radius 1 is 0.426 bits per heavy atom. The number of rotatable bonds is 62. The largest absolute Gasteiger partial charge is 0.379 e. The summed E-state index contributed by atoms with van der Waals surface area (Å²) in [5.41, 5.74) is 32.9. The Morgan fingerprint density at radius 3 is 1.28 bits per heavy atom. The molecule has 11 N–H and O–H groups in total. The lowest BCUT2D eigenvalue weighted by atomic mass is 10.0. The van der Waals surface area contributed by atoms with Gasteiger partial charge in [0, 0.05) is 106 Å². The number of unbranched alkanes of at least 4 members (excludes halogenated alkanes) is 6. The fourth-order valence-electron chi connectivity index (χ4n) is 8.22. The molecular formula is C70H121N11O18S2. The number of fused-ring (bicyclic) bond motifs is 2. The highest BCUT2D eigenvalue weighted by Crippen LogP contribution is 2.26. The molecule has 4 amide bonds. The number of para-hydroxylation sites is 1. The second-order valence-electron chi connectivity index (χ2n) is 21.8. The average Bonchev–Trinajstić information content (AvgIpc) is 0.812. The summed E-state index contributed by atoms with van der Waals surface area (Å²) < 4.78 is 63.6. The van der Waals surface area contributed by atoms with E-state index in [0.717, 1.165) is 99.0 Å². The lowest BCUT2D eigenvalue weighted by Crippen LogP contribution is -2.35. The van der Waals surface area contributed by atoms with Gasteiger partial charge in [0.25, 0.3) is 0 Å². The second kappa shape index (κ2) is 75.7. The Morgan fingerprint density at radius 2 is 0.812 bits per heavy atom. The van der Waals surface area contributed by atoms with E-state index in [1.165, 1.54) is 23.5 Å². The van der Waals surface area contributed by atoms with Crippen molar-refractivity contribution in [3.8, 4) is 11.8 Å². The fourth-order valence-corrected chi connectivity index (χ4v) is 9.35. The SMILES string of the molecule is CC(=O)SCCCCCC(=O)NCCCCCN.CC(=O)SCCOCCOCCOCCOCCC(=O)NCCCCCN.NCCOCCOCCOCCOCCC(=O)NCCC(=O)N1Cc2ccccc2C#Cc2ccccc21.[N-]=[N+]=NCCOCCOCCOCCOCCN. The number of carbonyl (C=O) groups is 6. The quantitative estimate of drug-likeness (QED) is 0.0147. The number of benzene rings is 2. The summed E-state index contributed by atoms with van der Waals surface area (Å²) in [7, 11) is 0. The topological polar surface area (TPSA) is 405 Å². The van der Waals surface area contributed by atoms with E-state index in [1.807, 2.05) is 48.5 Å².